The molecule has 10 heteroatoms. The number of carbonyl (C=O) groups excluding carboxylic acids is 1. The lowest BCUT2D eigenvalue weighted by molar-refractivity contribution is -0.134. The molecule has 3 rings (SSSR count). The van der Waals surface area contributed by atoms with Crippen LogP contribution in [0.3, 0.4) is 0 Å². The van der Waals surface area contributed by atoms with Gasteiger partial charge in [0.25, 0.3) is 17.4 Å². The van der Waals surface area contributed by atoms with Crippen LogP contribution < -0.4 is 16.2 Å². The highest BCUT2D eigenvalue weighted by atomic mass is 16.4. The molecule has 3 heterocycles. The van der Waals surface area contributed by atoms with E-state index in [9.17, 15) is 14.9 Å². The minimum atomic E-state index is -0.870. The van der Waals surface area contributed by atoms with Crippen molar-refractivity contribution in [3.8, 4) is 6.07 Å². The number of piperazine rings is 1. The molecule has 0 atom stereocenters. The van der Waals surface area contributed by atoms with Crippen LogP contribution in [0.4, 0.5) is 5.82 Å². The molecular weight excluding hydrogens is 388 g/mol. The van der Waals surface area contributed by atoms with Crippen LogP contribution in [-0.4, -0.2) is 64.5 Å². The second-order valence-electron chi connectivity index (χ2n) is 6.88. The largest absolute Gasteiger partial charge is 0.481 e. The Morgan fingerprint density at radius 1 is 1.30 bits per heavy atom. The minimum absolute atomic E-state index is 0.202. The number of primary amides is 1. The van der Waals surface area contributed by atoms with Crippen molar-refractivity contribution in [1.29, 1.82) is 5.26 Å². The predicted molar refractivity (Wildman–Crippen MR) is 112 cm³/mol. The summed E-state index contributed by atoms with van der Waals surface area (Å²) in [4.78, 5) is 42.4. The third kappa shape index (κ3) is 5.21. The van der Waals surface area contributed by atoms with E-state index < -0.39 is 11.9 Å². The fourth-order valence-electron chi connectivity index (χ4n) is 2.99. The molecule has 0 bridgehead atoms. The SMILES string of the molecule is CC(=O)O.Cc1cccn2c(=O)c(/C=C(\C#N)C(N)=O)c(N3CCN(C)CC3)nc12. The number of nitriles is 1. The van der Waals surface area contributed by atoms with E-state index in [-0.39, 0.29) is 16.7 Å². The molecule has 1 saturated heterocycles. The minimum Gasteiger partial charge on any atom is -0.481 e. The van der Waals surface area contributed by atoms with Gasteiger partial charge in [0.1, 0.15) is 23.1 Å². The zero-order chi connectivity index (χ0) is 22.4. The van der Waals surface area contributed by atoms with Crippen molar-refractivity contribution in [2.75, 3.05) is 38.1 Å². The van der Waals surface area contributed by atoms with Gasteiger partial charge in [0.2, 0.25) is 0 Å². The maximum Gasteiger partial charge on any atom is 0.300 e. The molecule has 0 spiro atoms. The van der Waals surface area contributed by atoms with E-state index in [4.69, 9.17) is 20.6 Å². The average molecular weight is 412 g/mol. The van der Waals surface area contributed by atoms with E-state index in [1.54, 1.807) is 18.3 Å². The van der Waals surface area contributed by atoms with Crippen molar-refractivity contribution in [1.82, 2.24) is 14.3 Å². The number of fused-ring (bicyclic) bond motifs is 1. The lowest BCUT2D eigenvalue weighted by Gasteiger charge is -2.34. The Balaban J connectivity index is 0.000000735. The molecule has 0 saturated carbocycles. The van der Waals surface area contributed by atoms with Gasteiger partial charge in [-0.1, -0.05) is 6.07 Å². The van der Waals surface area contributed by atoms with Gasteiger partial charge in [-0.15, -0.1) is 0 Å². The third-order valence-corrected chi connectivity index (χ3v) is 4.54. The smallest absolute Gasteiger partial charge is 0.300 e. The van der Waals surface area contributed by atoms with Gasteiger partial charge >= 0.3 is 0 Å². The fraction of sp³-hybridized carbons (Fsp3) is 0.350. The molecule has 1 fully saturated rings. The van der Waals surface area contributed by atoms with Crippen LogP contribution in [0.15, 0.2) is 28.7 Å². The zero-order valence-corrected chi connectivity index (χ0v) is 17.1. The van der Waals surface area contributed by atoms with Gasteiger partial charge in [-0.25, -0.2) is 4.98 Å². The number of anilines is 1. The topological polar surface area (TPSA) is 145 Å². The Morgan fingerprint density at radius 3 is 2.43 bits per heavy atom. The Labute approximate surface area is 173 Å². The summed E-state index contributed by atoms with van der Waals surface area (Å²) in [6, 6.07) is 5.40. The molecule has 0 aliphatic carbocycles. The quantitative estimate of drug-likeness (QED) is 0.538. The van der Waals surface area contributed by atoms with Gasteiger partial charge in [-0.05, 0) is 31.7 Å². The number of nitrogens with zero attached hydrogens (tertiary/aromatic N) is 5. The van der Waals surface area contributed by atoms with Crippen molar-refractivity contribution in [3.05, 3.63) is 45.4 Å². The molecule has 158 valence electrons. The summed E-state index contributed by atoms with van der Waals surface area (Å²) in [6.07, 6.45) is 2.87. The summed E-state index contributed by atoms with van der Waals surface area (Å²) in [7, 11) is 2.03. The van der Waals surface area contributed by atoms with Crippen LogP contribution in [0.25, 0.3) is 11.7 Å². The number of carbonyl (C=O) groups is 2. The van der Waals surface area contributed by atoms with Crippen molar-refractivity contribution in [2.45, 2.75) is 13.8 Å². The van der Waals surface area contributed by atoms with Crippen LogP contribution >= 0.6 is 0 Å². The Bertz CT molecular complexity index is 1090. The van der Waals surface area contributed by atoms with Gasteiger partial charge < -0.3 is 20.6 Å². The monoisotopic (exact) mass is 412 g/mol. The van der Waals surface area contributed by atoms with Gasteiger partial charge in [0.15, 0.2) is 0 Å². The molecular formula is C20H24N6O4. The number of aliphatic carboxylic acids is 1. The number of aromatic nitrogens is 2. The highest BCUT2D eigenvalue weighted by molar-refractivity contribution is 6.01. The molecule has 0 unspecified atom stereocenters. The number of aryl methyl sites for hydroxylation is 1. The van der Waals surface area contributed by atoms with Gasteiger partial charge in [0.05, 0.1) is 5.56 Å². The summed E-state index contributed by atoms with van der Waals surface area (Å²) >= 11 is 0. The first-order chi connectivity index (χ1) is 14.1. The first-order valence-corrected chi connectivity index (χ1v) is 9.22. The molecule has 1 amide bonds. The highest BCUT2D eigenvalue weighted by Crippen LogP contribution is 2.21. The number of carboxylic acid groups (broad SMARTS) is 1. The van der Waals surface area contributed by atoms with Crippen molar-refractivity contribution >= 4 is 29.4 Å². The number of likely N-dealkylation sites (N-methyl/N-ethyl adjacent to an activating group) is 1. The van der Waals surface area contributed by atoms with Gasteiger partial charge in [-0.2, -0.15) is 5.26 Å². The van der Waals surface area contributed by atoms with E-state index >= 15 is 0 Å². The van der Waals surface area contributed by atoms with Crippen LogP contribution in [0, 0.1) is 18.3 Å². The number of hydrogen-bond acceptors (Lipinski definition) is 7. The molecule has 10 nitrogen and oxygen atoms in total. The number of hydrogen-bond donors (Lipinski definition) is 2. The van der Waals surface area contributed by atoms with E-state index in [0.29, 0.717) is 24.6 Å². The summed E-state index contributed by atoms with van der Waals surface area (Å²) in [6.45, 7) is 6.03. The van der Waals surface area contributed by atoms with Crippen molar-refractivity contribution < 1.29 is 14.7 Å². The highest BCUT2D eigenvalue weighted by Gasteiger charge is 2.22. The van der Waals surface area contributed by atoms with E-state index in [2.05, 4.69) is 4.90 Å². The summed E-state index contributed by atoms with van der Waals surface area (Å²) in [5, 5.41) is 16.6. The zero-order valence-electron chi connectivity index (χ0n) is 17.1. The van der Waals surface area contributed by atoms with Crippen LogP contribution in [0.2, 0.25) is 0 Å². The van der Waals surface area contributed by atoms with Crippen molar-refractivity contribution in [2.24, 2.45) is 5.73 Å². The second kappa shape index (κ2) is 9.67. The van der Waals surface area contributed by atoms with Crippen molar-refractivity contribution in [3.63, 3.8) is 0 Å². The Kier molecular flexibility index (Phi) is 7.27. The Morgan fingerprint density at radius 2 is 1.90 bits per heavy atom. The summed E-state index contributed by atoms with van der Waals surface area (Å²) in [5.41, 5.74) is 6.27. The van der Waals surface area contributed by atoms with Crippen LogP contribution in [0.5, 0.6) is 0 Å². The van der Waals surface area contributed by atoms with E-state index in [1.807, 2.05) is 24.9 Å². The summed E-state index contributed by atoms with van der Waals surface area (Å²) in [5.74, 6) is -1.23. The maximum absolute atomic E-state index is 13.1. The molecule has 0 radical (unpaired) electrons. The molecule has 30 heavy (non-hydrogen) atoms. The van der Waals surface area contributed by atoms with Gasteiger partial charge in [0, 0.05) is 39.3 Å². The molecule has 0 aromatic carbocycles. The second-order valence-corrected chi connectivity index (χ2v) is 6.88. The van der Waals surface area contributed by atoms with E-state index in [1.165, 1.54) is 10.5 Å². The fourth-order valence-corrected chi connectivity index (χ4v) is 2.99. The lowest BCUT2D eigenvalue weighted by atomic mass is 10.1. The van der Waals surface area contributed by atoms with Crippen LogP contribution in [0.1, 0.15) is 18.1 Å². The number of nitrogens with two attached hydrogens (primary N) is 1. The molecule has 2 aromatic rings. The van der Waals surface area contributed by atoms with E-state index in [0.717, 1.165) is 25.6 Å². The molecule has 2 aromatic heterocycles. The Hall–Kier alpha value is -3.71. The first-order valence-electron chi connectivity index (χ1n) is 9.22. The normalized spacial score (nSPS) is 14.6. The first kappa shape index (κ1) is 22.6. The lowest BCUT2D eigenvalue weighted by Crippen LogP contribution is -2.45. The number of amides is 1. The molecule has 1 aliphatic rings. The molecule has 3 N–H and O–H groups in total. The number of rotatable bonds is 3. The predicted octanol–water partition coefficient (Wildman–Crippen LogP) is 0.238. The third-order valence-electron chi connectivity index (χ3n) is 4.54. The average Bonchev–Trinajstić information content (AvgIpc) is 2.68. The molecule has 1 aliphatic heterocycles. The standard InChI is InChI=1S/C18H20N6O2.C2H4O2/c1-12-4-3-5-24-16(12)21-17(23-8-6-22(2)7-9-23)14(18(24)26)10-13(11-19)15(20)25;1-2(3)4/h3-5,10H,6-9H2,1-2H3,(H2,20,25);1H3,(H,3,4)/b13-10+;. The number of carboxylic acids is 1. The van der Waals surface area contributed by atoms with Gasteiger partial charge in [-0.3, -0.25) is 18.8 Å². The number of pyridine rings is 1. The van der Waals surface area contributed by atoms with Crippen LogP contribution in [-0.2, 0) is 9.59 Å². The summed E-state index contributed by atoms with van der Waals surface area (Å²) < 4.78 is 1.43. The maximum atomic E-state index is 13.1.